The van der Waals surface area contributed by atoms with Crippen LogP contribution in [0, 0.1) is 0 Å². The summed E-state index contributed by atoms with van der Waals surface area (Å²) >= 11 is 0. The Morgan fingerprint density at radius 3 is 1.57 bits per heavy atom. The first kappa shape index (κ1) is 27.8. The van der Waals surface area contributed by atoms with Crippen LogP contribution in [0.25, 0.3) is 0 Å². The first-order chi connectivity index (χ1) is 14.7. The molecule has 1 saturated heterocycles. The fourth-order valence-electron chi connectivity index (χ4n) is 4.19. The van der Waals surface area contributed by atoms with Gasteiger partial charge in [0.1, 0.15) is 24.4 Å². The highest BCUT2D eigenvalue weighted by Crippen LogP contribution is 2.18. The highest BCUT2D eigenvalue weighted by molar-refractivity contribution is 4.87. The van der Waals surface area contributed by atoms with Crippen LogP contribution in [0.15, 0.2) is 0 Å². The number of unbranched alkanes of at least 4 members (excludes halogenated alkanes) is 16. The molecule has 0 spiro atoms. The zero-order valence-electron chi connectivity index (χ0n) is 19.6. The smallest absolute Gasteiger partial charge is 0.114 e. The number of rotatable bonds is 21. The van der Waals surface area contributed by atoms with Crippen molar-refractivity contribution in [3.8, 4) is 0 Å². The SMILES string of the molecule is CCCCCCCCCCCCCCCCCCCOC[C@H](O)[C@H]1OC[C@@H](O)[C@H]1O. The van der Waals surface area contributed by atoms with Crippen LogP contribution >= 0.6 is 0 Å². The number of ether oxygens (including phenoxy) is 2. The fraction of sp³-hybridized carbons (Fsp3) is 1.00. The van der Waals surface area contributed by atoms with Crippen molar-refractivity contribution in [3.05, 3.63) is 0 Å². The van der Waals surface area contributed by atoms with Gasteiger partial charge in [0.15, 0.2) is 0 Å². The Morgan fingerprint density at radius 1 is 0.733 bits per heavy atom. The minimum Gasteiger partial charge on any atom is -0.388 e. The van der Waals surface area contributed by atoms with E-state index in [2.05, 4.69) is 6.92 Å². The van der Waals surface area contributed by atoms with Crippen molar-refractivity contribution in [1.82, 2.24) is 0 Å². The summed E-state index contributed by atoms with van der Waals surface area (Å²) in [5, 5.41) is 29.1. The van der Waals surface area contributed by atoms with Gasteiger partial charge >= 0.3 is 0 Å². The topological polar surface area (TPSA) is 79.2 Å². The van der Waals surface area contributed by atoms with Crippen LogP contribution in [0.3, 0.4) is 0 Å². The van der Waals surface area contributed by atoms with Crippen LogP contribution in [-0.2, 0) is 9.47 Å². The minimum atomic E-state index is -1.02. The highest BCUT2D eigenvalue weighted by Gasteiger charge is 2.39. The largest absolute Gasteiger partial charge is 0.388 e. The minimum absolute atomic E-state index is 0.0715. The second-order valence-electron chi connectivity index (χ2n) is 9.16. The van der Waals surface area contributed by atoms with Gasteiger partial charge in [-0.05, 0) is 6.42 Å². The monoisotopic (exact) mass is 430 g/mol. The third-order valence-electron chi connectivity index (χ3n) is 6.25. The number of aliphatic hydroxyl groups is 3. The molecule has 0 aromatic heterocycles. The lowest BCUT2D eigenvalue weighted by molar-refractivity contribution is -0.0813. The Kier molecular flexibility index (Phi) is 18.1. The predicted molar refractivity (Wildman–Crippen MR) is 123 cm³/mol. The fourth-order valence-corrected chi connectivity index (χ4v) is 4.19. The summed E-state index contributed by atoms with van der Waals surface area (Å²) in [5.74, 6) is 0. The molecule has 0 amide bonds. The van der Waals surface area contributed by atoms with E-state index in [0.717, 1.165) is 12.8 Å². The van der Waals surface area contributed by atoms with E-state index in [1.165, 1.54) is 96.3 Å². The lowest BCUT2D eigenvalue weighted by Gasteiger charge is -2.20. The molecule has 0 aliphatic carbocycles. The maximum Gasteiger partial charge on any atom is 0.114 e. The molecular weight excluding hydrogens is 380 g/mol. The summed E-state index contributed by atoms with van der Waals surface area (Å²) < 4.78 is 10.7. The third kappa shape index (κ3) is 14.0. The zero-order chi connectivity index (χ0) is 21.9. The van der Waals surface area contributed by atoms with E-state index < -0.39 is 24.4 Å². The van der Waals surface area contributed by atoms with Crippen molar-refractivity contribution in [2.45, 2.75) is 140 Å². The molecule has 1 heterocycles. The third-order valence-corrected chi connectivity index (χ3v) is 6.25. The summed E-state index contributed by atoms with van der Waals surface area (Å²) in [6.45, 7) is 3.12. The van der Waals surface area contributed by atoms with Gasteiger partial charge in [-0.25, -0.2) is 0 Å². The van der Waals surface area contributed by atoms with Gasteiger partial charge in [-0.2, -0.15) is 0 Å². The van der Waals surface area contributed by atoms with Crippen molar-refractivity contribution in [2.75, 3.05) is 19.8 Å². The summed E-state index contributed by atoms with van der Waals surface area (Å²) in [5.41, 5.74) is 0. The van der Waals surface area contributed by atoms with Crippen LogP contribution in [0.5, 0.6) is 0 Å². The molecule has 1 aliphatic heterocycles. The van der Waals surface area contributed by atoms with Gasteiger partial charge in [0, 0.05) is 6.61 Å². The maximum atomic E-state index is 9.96. The Hall–Kier alpha value is -0.200. The first-order valence-electron chi connectivity index (χ1n) is 12.9. The van der Waals surface area contributed by atoms with Crippen LogP contribution in [0.4, 0.5) is 0 Å². The van der Waals surface area contributed by atoms with E-state index in [1.807, 2.05) is 0 Å². The molecule has 1 fully saturated rings. The Morgan fingerprint density at radius 2 is 1.17 bits per heavy atom. The highest BCUT2D eigenvalue weighted by atomic mass is 16.5. The second-order valence-corrected chi connectivity index (χ2v) is 9.16. The molecule has 30 heavy (non-hydrogen) atoms. The lowest BCUT2D eigenvalue weighted by atomic mass is 10.0. The van der Waals surface area contributed by atoms with Crippen LogP contribution in [0.2, 0.25) is 0 Å². The molecule has 0 aromatic rings. The van der Waals surface area contributed by atoms with E-state index in [9.17, 15) is 15.3 Å². The summed E-state index contributed by atoms with van der Waals surface area (Å²) in [7, 11) is 0. The predicted octanol–water partition coefficient (Wildman–Crippen LogP) is 5.14. The van der Waals surface area contributed by atoms with E-state index >= 15 is 0 Å². The molecule has 180 valence electrons. The van der Waals surface area contributed by atoms with Gasteiger partial charge in [0.05, 0.1) is 13.2 Å². The quantitative estimate of drug-likeness (QED) is 0.220. The Balaban J connectivity index is 1.73. The normalized spacial score (nSPS) is 22.6. The average Bonchev–Trinajstić information content (AvgIpc) is 3.08. The number of aliphatic hydroxyl groups excluding tert-OH is 3. The van der Waals surface area contributed by atoms with Gasteiger partial charge in [0.2, 0.25) is 0 Å². The molecule has 5 heteroatoms. The standard InChI is InChI=1S/C25H50O5/c1-2-3-4-5-6-7-8-9-10-11-12-13-14-15-16-17-18-19-29-20-23(27)25-24(28)22(26)21-30-25/h22-28H,2-21H2,1H3/t22-,23+,24-,25-/m1/s1. The Bertz CT molecular complexity index is 365. The van der Waals surface area contributed by atoms with E-state index in [-0.39, 0.29) is 13.2 Å². The van der Waals surface area contributed by atoms with Gasteiger partial charge in [-0.1, -0.05) is 110 Å². The van der Waals surface area contributed by atoms with Gasteiger partial charge in [0.25, 0.3) is 0 Å². The van der Waals surface area contributed by atoms with Crippen molar-refractivity contribution >= 4 is 0 Å². The molecule has 4 atom stereocenters. The van der Waals surface area contributed by atoms with Crippen LogP contribution < -0.4 is 0 Å². The average molecular weight is 431 g/mol. The zero-order valence-corrected chi connectivity index (χ0v) is 19.6. The second kappa shape index (κ2) is 19.5. The number of hydrogen-bond donors (Lipinski definition) is 3. The molecule has 0 aromatic carbocycles. The molecule has 1 aliphatic rings. The van der Waals surface area contributed by atoms with E-state index in [1.54, 1.807) is 0 Å². The van der Waals surface area contributed by atoms with Gasteiger partial charge < -0.3 is 24.8 Å². The molecule has 0 radical (unpaired) electrons. The molecule has 5 nitrogen and oxygen atoms in total. The van der Waals surface area contributed by atoms with E-state index in [0.29, 0.717) is 6.61 Å². The molecule has 1 rings (SSSR count). The lowest BCUT2D eigenvalue weighted by Crippen LogP contribution is -2.40. The van der Waals surface area contributed by atoms with Gasteiger partial charge in [-0.3, -0.25) is 0 Å². The van der Waals surface area contributed by atoms with Crippen LogP contribution in [-0.4, -0.2) is 59.6 Å². The van der Waals surface area contributed by atoms with Crippen molar-refractivity contribution in [2.24, 2.45) is 0 Å². The number of hydrogen-bond acceptors (Lipinski definition) is 5. The summed E-state index contributed by atoms with van der Waals surface area (Å²) in [6.07, 6.45) is 19.4. The van der Waals surface area contributed by atoms with Crippen molar-refractivity contribution < 1.29 is 24.8 Å². The molecule has 3 N–H and O–H groups in total. The Labute approximate surface area is 185 Å². The maximum absolute atomic E-state index is 9.96. The summed E-state index contributed by atoms with van der Waals surface area (Å²) in [6, 6.07) is 0. The first-order valence-corrected chi connectivity index (χ1v) is 12.9. The molecular formula is C25H50O5. The van der Waals surface area contributed by atoms with E-state index in [4.69, 9.17) is 9.47 Å². The summed E-state index contributed by atoms with van der Waals surface area (Å²) in [4.78, 5) is 0. The van der Waals surface area contributed by atoms with Crippen molar-refractivity contribution in [1.29, 1.82) is 0 Å². The van der Waals surface area contributed by atoms with Crippen LogP contribution in [0.1, 0.15) is 116 Å². The molecule has 0 unspecified atom stereocenters. The molecule has 0 saturated carbocycles. The molecule has 0 bridgehead atoms. The van der Waals surface area contributed by atoms with Crippen molar-refractivity contribution in [3.63, 3.8) is 0 Å². The van der Waals surface area contributed by atoms with Gasteiger partial charge in [-0.15, -0.1) is 0 Å².